The number of rotatable bonds is 5. The number of esters is 1. The van der Waals surface area contributed by atoms with Crippen molar-refractivity contribution in [1.82, 2.24) is 10.6 Å². The molecule has 1 saturated heterocycles. The molecule has 154 valence electrons. The minimum absolute atomic E-state index is 0.0327. The topological polar surface area (TPSA) is 97.6 Å². The second kappa shape index (κ2) is 8.76. The largest absolute Gasteiger partial charge is 0.457 e. The second-order valence-corrected chi connectivity index (χ2v) is 7.04. The molecule has 1 aliphatic heterocycles. The summed E-state index contributed by atoms with van der Waals surface area (Å²) in [7, 11) is 0. The number of carbonyl (C=O) groups is 3. The van der Waals surface area contributed by atoms with Gasteiger partial charge in [0.25, 0.3) is 11.8 Å². The van der Waals surface area contributed by atoms with Gasteiger partial charge in [0.1, 0.15) is 23.7 Å². The van der Waals surface area contributed by atoms with Crippen molar-refractivity contribution in [3.8, 4) is 11.3 Å². The molecule has 4 rings (SSSR count). The molecule has 0 saturated carbocycles. The maximum Gasteiger partial charge on any atom is 0.338 e. The van der Waals surface area contributed by atoms with Gasteiger partial charge < -0.3 is 9.15 Å². The highest BCUT2D eigenvalue weighted by Gasteiger charge is 2.26. The first kappa shape index (κ1) is 20.2. The van der Waals surface area contributed by atoms with Gasteiger partial charge in [0, 0.05) is 5.56 Å². The van der Waals surface area contributed by atoms with E-state index in [-0.39, 0.29) is 17.3 Å². The Morgan fingerprint density at radius 3 is 2.29 bits per heavy atom. The monoisotopic (exact) mass is 432 g/mol. The summed E-state index contributed by atoms with van der Waals surface area (Å²) in [6.07, 6.45) is 1.34. The van der Waals surface area contributed by atoms with E-state index in [0.717, 1.165) is 11.1 Å². The molecular formula is C23H16N2O5S. The number of hydrogen-bond donors (Lipinski definition) is 2. The highest BCUT2D eigenvalue weighted by Crippen LogP contribution is 2.24. The number of benzene rings is 2. The van der Waals surface area contributed by atoms with Gasteiger partial charge in [-0.3, -0.25) is 20.2 Å². The van der Waals surface area contributed by atoms with Crippen LogP contribution in [0.3, 0.4) is 0 Å². The van der Waals surface area contributed by atoms with Crippen molar-refractivity contribution < 1.29 is 23.5 Å². The van der Waals surface area contributed by atoms with Gasteiger partial charge in [-0.1, -0.05) is 42.5 Å². The lowest BCUT2D eigenvalue weighted by Crippen LogP contribution is -2.51. The van der Waals surface area contributed by atoms with Crippen LogP contribution in [0.25, 0.3) is 17.4 Å². The Kier molecular flexibility index (Phi) is 5.72. The fourth-order valence-corrected chi connectivity index (χ4v) is 3.10. The van der Waals surface area contributed by atoms with E-state index in [1.54, 1.807) is 36.4 Å². The van der Waals surface area contributed by atoms with E-state index in [9.17, 15) is 14.4 Å². The van der Waals surface area contributed by atoms with Gasteiger partial charge in [-0.05, 0) is 48.1 Å². The summed E-state index contributed by atoms with van der Waals surface area (Å²) < 4.78 is 11.0. The van der Waals surface area contributed by atoms with Crippen molar-refractivity contribution in [3.63, 3.8) is 0 Å². The maximum absolute atomic E-state index is 12.2. The molecule has 0 spiro atoms. The fourth-order valence-electron chi connectivity index (χ4n) is 2.91. The van der Waals surface area contributed by atoms with E-state index in [4.69, 9.17) is 21.4 Å². The Balaban J connectivity index is 1.44. The molecular weight excluding hydrogens is 416 g/mol. The minimum atomic E-state index is -0.593. The highest BCUT2D eigenvalue weighted by molar-refractivity contribution is 7.80. The molecule has 1 fully saturated rings. The normalized spacial score (nSPS) is 13.4. The predicted molar refractivity (Wildman–Crippen MR) is 117 cm³/mol. The van der Waals surface area contributed by atoms with Crippen molar-refractivity contribution in [2.75, 3.05) is 0 Å². The molecule has 7 nitrogen and oxygen atoms in total. The van der Waals surface area contributed by atoms with Crippen LogP contribution < -0.4 is 10.6 Å². The van der Waals surface area contributed by atoms with Crippen molar-refractivity contribution in [2.45, 2.75) is 6.61 Å². The van der Waals surface area contributed by atoms with Crippen LogP contribution in [0, 0.1) is 0 Å². The molecule has 0 atom stereocenters. The summed E-state index contributed by atoms with van der Waals surface area (Å²) in [5, 5.41) is 4.69. The van der Waals surface area contributed by atoms with Crippen molar-refractivity contribution in [3.05, 3.63) is 89.2 Å². The fraction of sp³-hybridized carbons (Fsp3) is 0.0435. The number of thiocarbonyl (C=S) groups is 1. The van der Waals surface area contributed by atoms with E-state index in [2.05, 4.69) is 10.6 Å². The number of carbonyl (C=O) groups excluding carboxylic acids is 3. The Hall–Kier alpha value is -4.04. The Labute approximate surface area is 182 Å². The third-order valence-corrected chi connectivity index (χ3v) is 4.68. The smallest absolute Gasteiger partial charge is 0.338 e. The zero-order valence-electron chi connectivity index (χ0n) is 16.1. The van der Waals surface area contributed by atoms with Crippen LogP contribution in [0.4, 0.5) is 0 Å². The average Bonchev–Trinajstić information content (AvgIpc) is 3.24. The first-order valence-corrected chi connectivity index (χ1v) is 9.70. The Morgan fingerprint density at radius 1 is 0.935 bits per heavy atom. The number of ether oxygens (including phenoxy) is 1. The van der Waals surface area contributed by atoms with Crippen LogP contribution >= 0.6 is 12.2 Å². The van der Waals surface area contributed by atoms with Crippen molar-refractivity contribution in [2.24, 2.45) is 0 Å². The predicted octanol–water partition coefficient (Wildman–Crippen LogP) is 3.22. The molecule has 0 aliphatic carbocycles. The maximum atomic E-state index is 12.2. The molecule has 0 unspecified atom stereocenters. The van der Waals surface area contributed by atoms with Crippen LogP contribution in [0.2, 0.25) is 0 Å². The van der Waals surface area contributed by atoms with Crippen LogP contribution in [0.1, 0.15) is 21.7 Å². The van der Waals surface area contributed by atoms with Gasteiger partial charge >= 0.3 is 5.97 Å². The Bertz CT molecular complexity index is 1170. The number of furan rings is 1. The van der Waals surface area contributed by atoms with E-state index in [1.165, 1.54) is 6.08 Å². The number of amides is 2. The molecule has 1 aliphatic rings. The van der Waals surface area contributed by atoms with Gasteiger partial charge in [-0.25, -0.2) is 4.79 Å². The van der Waals surface area contributed by atoms with Gasteiger partial charge in [0.15, 0.2) is 5.11 Å². The van der Waals surface area contributed by atoms with Crippen LogP contribution in [-0.2, 0) is 20.9 Å². The summed E-state index contributed by atoms with van der Waals surface area (Å²) in [4.78, 5) is 36.1. The van der Waals surface area contributed by atoms with Crippen LogP contribution in [-0.4, -0.2) is 22.9 Å². The SMILES string of the molecule is O=C1NC(=S)NC(=O)C1=Cc1ccc(-c2ccc(C(=O)OCc3ccccc3)cc2)o1. The van der Waals surface area contributed by atoms with E-state index < -0.39 is 17.8 Å². The Morgan fingerprint density at radius 2 is 1.61 bits per heavy atom. The summed E-state index contributed by atoms with van der Waals surface area (Å²) >= 11 is 4.77. The van der Waals surface area contributed by atoms with Gasteiger partial charge in [0.05, 0.1) is 5.56 Å². The van der Waals surface area contributed by atoms with E-state index >= 15 is 0 Å². The standard InChI is InChI=1S/C23H16N2O5S/c26-20-18(21(27)25-23(31)24-20)12-17-10-11-19(30-17)15-6-8-16(9-7-15)22(28)29-13-14-4-2-1-3-5-14/h1-12H,13H2,(H2,24,25,26,27,31). The third-order valence-electron chi connectivity index (χ3n) is 4.47. The van der Waals surface area contributed by atoms with Crippen LogP contribution in [0.5, 0.6) is 0 Å². The minimum Gasteiger partial charge on any atom is -0.457 e. The quantitative estimate of drug-likeness (QED) is 0.278. The molecule has 2 aromatic carbocycles. The summed E-state index contributed by atoms with van der Waals surface area (Å²) in [6.45, 7) is 0.198. The number of nitrogens with one attached hydrogen (secondary N) is 2. The zero-order chi connectivity index (χ0) is 21.8. The first-order valence-electron chi connectivity index (χ1n) is 9.29. The van der Waals surface area contributed by atoms with Crippen molar-refractivity contribution >= 4 is 41.2 Å². The van der Waals surface area contributed by atoms with E-state index in [1.807, 2.05) is 30.3 Å². The molecule has 2 N–H and O–H groups in total. The zero-order valence-corrected chi connectivity index (χ0v) is 16.9. The molecule has 8 heteroatoms. The van der Waals surface area contributed by atoms with E-state index in [0.29, 0.717) is 17.1 Å². The number of hydrogen-bond acceptors (Lipinski definition) is 6. The lowest BCUT2D eigenvalue weighted by molar-refractivity contribution is -0.123. The highest BCUT2D eigenvalue weighted by atomic mass is 32.1. The summed E-state index contributed by atoms with van der Waals surface area (Å²) in [6, 6.07) is 19.5. The second-order valence-electron chi connectivity index (χ2n) is 6.64. The average molecular weight is 432 g/mol. The van der Waals surface area contributed by atoms with Crippen molar-refractivity contribution in [1.29, 1.82) is 0 Å². The summed E-state index contributed by atoms with van der Waals surface area (Å²) in [5.74, 6) is -0.764. The molecule has 31 heavy (non-hydrogen) atoms. The van der Waals surface area contributed by atoms with Gasteiger partial charge in [-0.2, -0.15) is 0 Å². The lowest BCUT2D eigenvalue weighted by Gasteiger charge is -2.15. The van der Waals surface area contributed by atoms with Gasteiger partial charge in [-0.15, -0.1) is 0 Å². The van der Waals surface area contributed by atoms with Gasteiger partial charge in [0.2, 0.25) is 0 Å². The lowest BCUT2D eigenvalue weighted by atomic mass is 10.1. The molecule has 0 radical (unpaired) electrons. The third kappa shape index (κ3) is 4.76. The summed E-state index contributed by atoms with van der Waals surface area (Å²) in [5.41, 5.74) is 1.95. The first-order chi connectivity index (χ1) is 15.0. The molecule has 3 aromatic rings. The van der Waals surface area contributed by atoms with Crippen LogP contribution in [0.15, 0.2) is 76.7 Å². The molecule has 2 heterocycles. The molecule has 2 amide bonds. The molecule has 1 aromatic heterocycles. The molecule has 0 bridgehead atoms.